The zero-order valence-electron chi connectivity index (χ0n) is 10.5. The minimum absolute atomic E-state index is 0.303. The number of aliphatic hydroxyl groups excluding tert-OH is 1. The van der Waals surface area contributed by atoms with Crippen molar-refractivity contribution in [3.8, 4) is 0 Å². The van der Waals surface area contributed by atoms with Gasteiger partial charge >= 0.3 is 0 Å². The fourth-order valence-electron chi connectivity index (χ4n) is 2.77. The molecule has 0 heterocycles. The molecule has 1 atom stereocenters. The van der Waals surface area contributed by atoms with E-state index in [1.54, 1.807) is 0 Å². The Morgan fingerprint density at radius 1 is 1.18 bits per heavy atom. The molecule has 0 bridgehead atoms. The van der Waals surface area contributed by atoms with Gasteiger partial charge in [0.15, 0.2) is 0 Å². The van der Waals surface area contributed by atoms with Crippen LogP contribution >= 0.6 is 15.9 Å². The van der Waals surface area contributed by atoms with Crippen molar-refractivity contribution in [1.82, 2.24) is 0 Å². The van der Waals surface area contributed by atoms with Crippen molar-refractivity contribution in [3.05, 3.63) is 33.8 Å². The summed E-state index contributed by atoms with van der Waals surface area (Å²) in [5.74, 6) is 0.440. The highest BCUT2D eigenvalue weighted by Gasteiger charge is 2.23. The number of rotatable bonds is 2. The first kappa shape index (κ1) is 13.1. The van der Waals surface area contributed by atoms with Crippen LogP contribution in [0.5, 0.6) is 0 Å². The maximum absolute atomic E-state index is 10.5. The highest BCUT2D eigenvalue weighted by atomic mass is 79.9. The van der Waals surface area contributed by atoms with Crippen LogP contribution in [-0.2, 0) is 0 Å². The third-order valence-electron chi connectivity index (χ3n) is 3.82. The molecule has 2 heteroatoms. The summed E-state index contributed by atoms with van der Waals surface area (Å²) < 4.78 is 1.04. The second-order valence-corrected chi connectivity index (χ2v) is 6.08. The van der Waals surface area contributed by atoms with Crippen LogP contribution in [0.1, 0.15) is 55.8 Å². The Hall–Kier alpha value is -0.340. The number of hydrogen-bond donors (Lipinski definition) is 1. The average Bonchev–Trinajstić information content (AvgIpc) is 2.60. The molecular weight excluding hydrogens is 276 g/mol. The van der Waals surface area contributed by atoms with E-state index in [1.165, 1.54) is 44.1 Å². The molecule has 0 amide bonds. The lowest BCUT2D eigenvalue weighted by molar-refractivity contribution is 0.0981. The summed E-state index contributed by atoms with van der Waals surface area (Å²) in [5.41, 5.74) is 2.28. The van der Waals surface area contributed by atoms with Crippen molar-refractivity contribution < 1.29 is 5.11 Å². The maximum Gasteiger partial charge on any atom is 0.0829 e. The van der Waals surface area contributed by atoms with Crippen LogP contribution in [0.25, 0.3) is 0 Å². The van der Waals surface area contributed by atoms with Gasteiger partial charge in [0.05, 0.1) is 6.10 Å². The fourth-order valence-corrected chi connectivity index (χ4v) is 3.25. The zero-order valence-corrected chi connectivity index (χ0v) is 12.0. The molecule has 1 fully saturated rings. The predicted octanol–water partition coefficient (Wildman–Crippen LogP) is 4.76. The molecule has 0 spiro atoms. The van der Waals surface area contributed by atoms with Crippen LogP contribution in [0.15, 0.2) is 22.7 Å². The SMILES string of the molecule is Cc1ccc(Br)c(C(O)C2CCCCCC2)c1. The second-order valence-electron chi connectivity index (χ2n) is 5.22. The molecular formula is C15H21BrO. The Balaban J connectivity index is 2.16. The topological polar surface area (TPSA) is 20.2 Å². The highest BCUT2D eigenvalue weighted by Crippen LogP contribution is 2.36. The van der Waals surface area contributed by atoms with Crippen molar-refractivity contribution in [2.75, 3.05) is 0 Å². The molecule has 94 valence electrons. The van der Waals surface area contributed by atoms with E-state index < -0.39 is 0 Å². The quantitative estimate of drug-likeness (QED) is 0.780. The van der Waals surface area contributed by atoms with E-state index >= 15 is 0 Å². The van der Waals surface area contributed by atoms with Gasteiger partial charge in [-0.15, -0.1) is 0 Å². The van der Waals surface area contributed by atoms with Gasteiger partial charge in [-0.2, -0.15) is 0 Å². The van der Waals surface area contributed by atoms with Crippen LogP contribution in [0.2, 0.25) is 0 Å². The Morgan fingerprint density at radius 3 is 2.47 bits per heavy atom. The first-order chi connectivity index (χ1) is 8.18. The second kappa shape index (κ2) is 6.01. The standard InChI is InChI=1S/C15H21BrO/c1-11-8-9-14(16)13(10-11)15(17)12-6-4-2-3-5-7-12/h8-10,12,15,17H,2-7H2,1H3. The van der Waals surface area contributed by atoms with E-state index in [0.29, 0.717) is 5.92 Å². The Labute approximate surface area is 112 Å². The molecule has 1 unspecified atom stereocenters. The van der Waals surface area contributed by atoms with Crippen LogP contribution in [0.3, 0.4) is 0 Å². The molecule has 0 saturated heterocycles. The first-order valence-corrected chi connectivity index (χ1v) is 7.42. The van der Waals surface area contributed by atoms with Gasteiger partial charge in [0.25, 0.3) is 0 Å². The van der Waals surface area contributed by atoms with Gasteiger partial charge in [-0.1, -0.05) is 59.3 Å². The van der Waals surface area contributed by atoms with E-state index in [-0.39, 0.29) is 6.10 Å². The summed E-state index contributed by atoms with van der Waals surface area (Å²) in [6, 6.07) is 6.23. The van der Waals surface area contributed by atoms with E-state index in [0.717, 1.165) is 10.0 Å². The maximum atomic E-state index is 10.5. The molecule has 2 rings (SSSR count). The summed E-state index contributed by atoms with van der Waals surface area (Å²) >= 11 is 3.56. The first-order valence-electron chi connectivity index (χ1n) is 6.62. The van der Waals surface area contributed by atoms with Crippen molar-refractivity contribution in [2.24, 2.45) is 5.92 Å². The average molecular weight is 297 g/mol. The van der Waals surface area contributed by atoms with Crippen molar-refractivity contribution in [1.29, 1.82) is 0 Å². The summed E-state index contributed by atoms with van der Waals surface area (Å²) in [4.78, 5) is 0. The fraction of sp³-hybridized carbons (Fsp3) is 0.600. The zero-order chi connectivity index (χ0) is 12.3. The van der Waals surface area contributed by atoms with Gasteiger partial charge in [-0.25, -0.2) is 0 Å². The molecule has 1 nitrogen and oxygen atoms in total. The molecule has 17 heavy (non-hydrogen) atoms. The van der Waals surface area contributed by atoms with Gasteiger partial charge in [0.2, 0.25) is 0 Å². The molecule has 1 aliphatic rings. The monoisotopic (exact) mass is 296 g/mol. The largest absolute Gasteiger partial charge is 0.388 e. The number of aliphatic hydroxyl groups is 1. The lowest BCUT2D eigenvalue weighted by Crippen LogP contribution is -2.12. The van der Waals surface area contributed by atoms with Crippen LogP contribution in [0.4, 0.5) is 0 Å². The summed E-state index contributed by atoms with van der Waals surface area (Å²) in [5, 5.41) is 10.5. The van der Waals surface area contributed by atoms with Gasteiger partial charge < -0.3 is 5.11 Å². The minimum Gasteiger partial charge on any atom is -0.388 e. The predicted molar refractivity (Wildman–Crippen MR) is 75.0 cm³/mol. The highest BCUT2D eigenvalue weighted by molar-refractivity contribution is 9.10. The lowest BCUT2D eigenvalue weighted by Gasteiger charge is -2.23. The number of benzene rings is 1. The third-order valence-corrected chi connectivity index (χ3v) is 4.54. The smallest absolute Gasteiger partial charge is 0.0829 e. The Bertz CT molecular complexity index is 367. The normalized spacial score (nSPS) is 19.9. The van der Waals surface area contributed by atoms with Gasteiger partial charge in [0, 0.05) is 4.47 Å². The van der Waals surface area contributed by atoms with E-state index in [4.69, 9.17) is 0 Å². The Kier molecular flexibility index (Phi) is 4.63. The van der Waals surface area contributed by atoms with E-state index in [9.17, 15) is 5.11 Å². The minimum atomic E-state index is -0.303. The van der Waals surface area contributed by atoms with E-state index in [2.05, 4.69) is 35.0 Å². The summed E-state index contributed by atoms with van der Waals surface area (Å²) in [7, 11) is 0. The number of aryl methyl sites for hydroxylation is 1. The summed E-state index contributed by atoms with van der Waals surface area (Å²) in [6.45, 7) is 2.08. The molecule has 0 aromatic heterocycles. The van der Waals surface area contributed by atoms with Gasteiger partial charge in [-0.05, 0) is 37.3 Å². The molecule has 1 N–H and O–H groups in total. The van der Waals surface area contributed by atoms with E-state index in [1.807, 2.05) is 6.07 Å². The Morgan fingerprint density at radius 2 is 1.82 bits per heavy atom. The third kappa shape index (κ3) is 3.32. The number of hydrogen-bond acceptors (Lipinski definition) is 1. The van der Waals surface area contributed by atoms with Crippen molar-refractivity contribution >= 4 is 15.9 Å². The molecule has 1 aliphatic carbocycles. The van der Waals surface area contributed by atoms with Crippen molar-refractivity contribution in [3.63, 3.8) is 0 Å². The molecule has 1 aromatic carbocycles. The molecule has 1 aromatic rings. The number of halogens is 1. The molecule has 0 aliphatic heterocycles. The van der Waals surface area contributed by atoms with Crippen LogP contribution in [0, 0.1) is 12.8 Å². The lowest BCUT2D eigenvalue weighted by atomic mass is 9.89. The molecule has 1 saturated carbocycles. The van der Waals surface area contributed by atoms with Gasteiger partial charge in [-0.3, -0.25) is 0 Å². The summed E-state index contributed by atoms with van der Waals surface area (Å²) in [6.07, 6.45) is 7.23. The van der Waals surface area contributed by atoms with Gasteiger partial charge in [0.1, 0.15) is 0 Å². The van der Waals surface area contributed by atoms with Crippen LogP contribution < -0.4 is 0 Å². The molecule has 0 radical (unpaired) electrons. The van der Waals surface area contributed by atoms with Crippen LogP contribution in [-0.4, -0.2) is 5.11 Å². The van der Waals surface area contributed by atoms with Crippen molar-refractivity contribution in [2.45, 2.75) is 51.6 Å².